The Morgan fingerprint density at radius 2 is 2.00 bits per heavy atom. The number of amides is 2. The summed E-state index contributed by atoms with van der Waals surface area (Å²) in [7, 11) is 0. The van der Waals surface area contributed by atoms with E-state index in [-0.39, 0.29) is 4.91 Å². The van der Waals surface area contributed by atoms with E-state index in [9.17, 15) is 22.8 Å². The number of carbonyl (C=O) groups excluding carboxylic acids is 2. The first-order chi connectivity index (χ1) is 13.3. The quantitative estimate of drug-likeness (QED) is 0.626. The van der Waals surface area contributed by atoms with Crippen molar-refractivity contribution in [1.29, 1.82) is 0 Å². The van der Waals surface area contributed by atoms with Gasteiger partial charge < -0.3 is 9.73 Å². The number of hydrogen-bond acceptors (Lipinski definition) is 7. The van der Waals surface area contributed by atoms with E-state index in [1.54, 1.807) is 6.07 Å². The summed E-state index contributed by atoms with van der Waals surface area (Å²) in [5.74, 6) is -0.188. The highest BCUT2D eigenvalue weighted by atomic mass is 32.2. The number of fused-ring (bicyclic) bond motifs is 1. The SMILES string of the molecule is O=C1NC(=O)C(=Cc2cc3cncc(Nc4ccc(C(F)(F)F)nc4)c3o2)S1. The zero-order valence-corrected chi connectivity index (χ0v) is 14.5. The standard InChI is InChI=1S/C17H9F3N4O3S/c18-17(19,20)13-2-1-9(6-22-13)23-11-7-21-5-8-3-10(27-14(8)11)4-12-15(25)24-16(26)28-12/h1-7,23H,(H,24,25,26). The molecule has 1 fully saturated rings. The highest BCUT2D eigenvalue weighted by Crippen LogP contribution is 2.32. The van der Waals surface area contributed by atoms with Crippen molar-refractivity contribution in [2.24, 2.45) is 0 Å². The van der Waals surface area contributed by atoms with Gasteiger partial charge in [-0.15, -0.1) is 0 Å². The molecule has 11 heteroatoms. The molecule has 4 rings (SSSR count). The Balaban J connectivity index is 1.63. The van der Waals surface area contributed by atoms with Gasteiger partial charge in [-0.25, -0.2) is 4.98 Å². The third kappa shape index (κ3) is 3.56. The van der Waals surface area contributed by atoms with Gasteiger partial charge in [-0.3, -0.25) is 19.9 Å². The molecule has 0 aliphatic carbocycles. The summed E-state index contributed by atoms with van der Waals surface area (Å²) in [6, 6.07) is 3.73. The number of aromatic nitrogens is 2. The number of halogens is 3. The molecule has 4 heterocycles. The summed E-state index contributed by atoms with van der Waals surface area (Å²) < 4.78 is 43.5. The van der Waals surface area contributed by atoms with E-state index in [1.165, 1.54) is 24.5 Å². The van der Waals surface area contributed by atoms with Crippen molar-refractivity contribution in [2.45, 2.75) is 6.18 Å². The molecule has 0 radical (unpaired) electrons. The lowest BCUT2D eigenvalue weighted by Gasteiger charge is -2.08. The fourth-order valence-electron chi connectivity index (χ4n) is 2.48. The Kier molecular flexibility index (Phi) is 4.30. The fraction of sp³-hybridized carbons (Fsp3) is 0.0588. The number of thioether (sulfide) groups is 1. The van der Waals surface area contributed by atoms with Crippen LogP contribution in [0.2, 0.25) is 0 Å². The zero-order chi connectivity index (χ0) is 19.9. The second-order valence-electron chi connectivity index (χ2n) is 5.66. The maximum atomic E-state index is 12.6. The van der Waals surface area contributed by atoms with Crippen molar-refractivity contribution in [3.05, 3.63) is 53.1 Å². The number of hydrogen-bond donors (Lipinski definition) is 2. The van der Waals surface area contributed by atoms with Gasteiger partial charge in [0.05, 0.1) is 23.0 Å². The molecule has 1 aliphatic rings. The van der Waals surface area contributed by atoms with Gasteiger partial charge in [0.25, 0.3) is 11.1 Å². The van der Waals surface area contributed by atoms with E-state index in [2.05, 4.69) is 20.6 Å². The minimum atomic E-state index is -4.52. The molecule has 0 spiro atoms. The molecule has 28 heavy (non-hydrogen) atoms. The molecule has 2 N–H and O–H groups in total. The summed E-state index contributed by atoms with van der Waals surface area (Å²) in [4.78, 5) is 30.5. The average molecular weight is 406 g/mol. The van der Waals surface area contributed by atoms with Gasteiger partial charge in [-0.2, -0.15) is 13.2 Å². The van der Waals surface area contributed by atoms with Crippen molar-refractivity contribution in [3.63, 3.8) is 0 Å². The van der Waals surface area contributed by atoms with Crippen molar-refractivity contribution in [2.75, 3.05) is 5.32 Å². The maximum absolute atomic E-state index is 12.6. The molecule has 0 saturated carbocycles. The van der Waals surface area contributed by atoms with Crippen molar-refractivity contribution in [1.82, 2.24) is 15.3 Å². The predicted octanol–water partition coefficient (Wildman–Crippen LogP) is 4.31. The van der Waals surface area contributed by atoms with E-state index in [4.69, 9.17) is 4.42 Å². The molecule has 7 nitrogen and oxygen atoms in total. The molecule has 0 aromatic carbocycles. The van der Waals surface area contributed by atoms with Crippen LogP contribution in [0.1, 0.15) is 11.5 Å². The lowest BCUT2D eigenvalue weighted by molar-refractivity contribution is -0.141. The first kappa shape index (κ1) is 18.0. The normalized spacial score (nSPS) is 16.0. The van der Waals surface area contributed by atoms with Crippen molar-refractivity contribution >= 4 is 51.3 Å². The monoisotopic (exact) mass is 406 g/mol. The third-order valence-electron chi connectivity index (χ3n) is 3.69. The molecule has 142 valence electrons. The molecule has 1 aliphatic heterocycles. The second kappa shape index (κ2) is 6.68. The first-order valence-electron chi connectivity index (χ1n) is 7.72. The maximum Gasteiger partial charge on any atom is 0.433 e. The molecule has 3 aromatic heterocycles. The smallest absolute Gasteiger partial charge is 0.433 e. The van der Waals surface area contributed by atoms with Crippen LogP contribution in [0.4, 0.5) is 29.3 Å². The van der Waals surface area contributed by atoms with Crippen LogP contribution in [-0.2, 0) is 11.0 Å². The predicted molar refractivity (Wildman–Crippen MR) is 95.6 cm³/mol. The van der Waals surface area contributed by atoms with E-state index in [0.29, 0.717) is 28.1 Å². The summed E-state index contributed by atoms with van der Waals surface area (Å²) in [6.07, 6.45) is 0.938. The van der Waals surface area contributed by atoms with E-state index >= 15 is 0 Å². The minimum absolute atomic E-state index is 0.193. The van der Waals surface area contributed by atoms with Crippen LogP contribution in [0.3, 0.4) is 0 Å². The summed E-state index contributed by atoms with van der Waals surface area (Å²) >= 11 is 0.759. The molecular weight excluding hydrogens is 397 g/mol. The van der Waals surface area contributed by atoms with Gasteiger partial charge in [0.1, 0.15) is 17.1 Å². The molecule has 0 bridgehead atoms. The van der Waals surface area contributed by atoms with Crippen molar-refractivity contribution < 1.29 is 27.2 Å². The summed E-state index contributed by atoms with van der Waals surface area (Å²) in [6.45, 7) is 0. The van der Waals surface area contributed by atoms with E-state index in [1.807, 2.05) is 0 Å². The van der Waals surface area contributed by atoms with E-state index in [0.717, 1.165) is 24.0 Å². The van der Waals surface area contributed by atoms with Crippen LogP contribution >= 0.6 is 11.8 Å². The number of carbonyl (C=O) groups is 2. The Morgan fingerprint density at radius 3 is 2.64 bits per heavy atom. The second-order valence-corrected chi connectivity index (χ2v) is 6.68. The average Bonchev–Trinajstić information content (AvgIpc) is 3.18. The molecule has 0 atom stereocenters. The number of rotatable bonds is 3. The number of furan rings is 1. The van der Waals surface area contributed by atoms with Crippen LogP contribution in [0.5, 0.6) is 0 Å². The molecule has 3 aromatic rings. The first-order valence-corrected chi connectivity index (χ1v) is 8.54. The number of nitrogens with zero attached hydrogens (tertiary/aromatic N) is 2. The van der Waals surface area contributed by atoms with Crippen molar-refractivity contribution in [3.8, 4) is 0 Å². The summed E-state index contributed by atoms with van der Waals surface area (Å²) in [5, 5.41) is 5.18. The van der Waals surface area contributed by atoms with Gasteiger partial charge in [0.15, 0.2) is 5.58 Å². The molecule has 2 amide bonds. The molecule has 0 unspecified atom stereocenters. The summed E-state index contributed by atoms with van der Waals surface area (Å²) in [5.41, 5.74) is 0.109. The van der Waals surface area contributed by atoms with Crippen LogP contribution in [0.25, 0.3) is 17.0 Å². The minimum Gasteiger partial charge on any atom is -0.454 e. The highest BCUT2D eigenvalue weighted by Gasteiger charge is 2.32. The number of nitrogens with one attached hydrogen (secondary N) is 2. The van der Waals surface area contributed by atoms with Gasteiger partial charge >= 0.3 is 6.18 Å². The highest BCUT2D eigenvalue weighted by molar-refractivity contribution is 8.18. The Labute approximate surface area is 159 Å². The third-order valence-corrected chi connectivity index (χ3v) is 4.50. The Morgan fingerprint density at radius 1 is 1.18 bits per heavy atom. The number of alkyl halides is 3. The Bertz CT molecular complexity index is 1120. The topological polar surface area (TPSA) is 97.1 Å². The molecule has 1 saturated heterocycles. The van der Waals surface area contributed by atoms with Crippen LogP contribution in [0.15, 0.2) is 46.1 Å². The van der Waals surface area contributed by atoms with Crippen LogP contribution < -0.4 is 10.6 Å². The lowest BCUT2D eigenvalue weighted by Crippen LogP contribution is -2.17. The largest absolute Gasteiger partial charge is 0.454 e. The van der Waals surface area contributed by atoms with E-state index < -0.39 is 23.0 Å². The Hall–Kier alpha value is -3.34. The van der Waals surface area contributed by atoms with Gasteiger partial charge in [0.2, 0.25) is 0 Å². The number of imide groups is 1. The van der Waals surface area contributed by atoms with Crippen LogP contribution in [0, 0.1) is 0 Å². The fourth-order valence-corrected chi connectivity index (χ4v) is 3.15. The van der Waals surface area contributed by atoms with Crippen LogP contribution in [-0.4, -0.2) is 21.1 Å². The van der Waals surface area contributed by atoms with Gasteiger partial charge in [-0.1, -0.05) is 0 Å². The molecular formula is C17H9F3N4O3S. The lowest BCUT2D eigenvalue weighted by atomic mass is 10.2. The van der Waals surface area contributed by atoms with Gasteiger partial charge in [-0.05, 0) is 30.0 Å². The van der Waals surface area contributed by atoms with Gasteiger partial charge in [0, 0.05) is 17.7 Å². The number of pyridine rings is 2. The number of anilines is 2. The zero-order valence-electron chi connectivity index (χ0n) is 13.7.